The highest BCUT2D eigenvalue weighted by Gasteiger charge is 2.51. The number of phenolic OH excluding ortho intramolecular Hbond substituents is 2. The molecule has 128 valence electrons. The molecule has 0 heterocycles. The van der Waals surface area contributed by atoms with Gasteiger partial charge < -0.3 is 10.2 Å². The van der Waals surface area contributed by atoms with Crippen molar-refractivity contribution in [2.45, 2.75) is 5.41 Å². The second-order valence-electron chi connectivity index (χ2n) is 7.27. The van der Waals surface area contributed by atoms with Gasteiger partial charge in [-0.05, 0) is 56.6 Å². The van der Waals surface area contributed by atoms with Crippen LogP contribution in [0.5, 0.6) is 11.5 Å². The van der Waals surface area contributed by atoms with Crippen LogP contribution in [0.25, 0.3) is 22.3 Å². The average Bonchev–Trinajstić information content (AvgIpc) is 3.16. The molecule has 6 rings (SSSR count). The Labute approximate surface area is 157 Å². The van der Waals surface area contributed by atoms with Crippen molar-refractivity contribution < 1.29 is 10.2 Å². The predicted molar refractivity (Wildman–Crippen MR) is 106 cm³/mol. The normalized spacial score (nSPS) is 14.5. The van der Waals surface area contributed by atoms with Gasteiger partial charge in [0.05, 0.1) is 5.41 Å². The van der Waals surface area contributed by atoms with Gasteiger partial charge in [-0.3, -0.25) is 0 Å². The summed E-state index contributed by atoms with van der Waals surface area (Å²) >= 11 is 0. The molecule has 4 aromatic rings. The first kappa shape index (κ1) is 14.6. The van der Waals surface area contributed by atoms with Gasteiger partial charge in [-0.2, -0.15) is 0 Å². The lowest BCUT2D eigenvalue weighted by molar-refractivity contribution is 0.403. The van der Waals surface area contributed by atoms with Crippen LogP contribution in [0.1, 0.15) is 22.3 Å². The van der Waals surface area contributed by atoms with Gasteiger partial charge in [0.25, 0.3) is 0 Å². The molecule has 4 aromatic carbocycles. The van der Waals surface area contributed by atoms with Crippen LogP contribution in [0.2, 0.25) is 0 Å². The Kier molecular flexibility index (Phi) is 2.60. The molecule has 0 aromatic heterocycles. The maximum absolute atomic E-state index is 10.4. The van der Waals surface area contributed by atoms with Crippen molar-refractivity contribution in [2.75, 3.05) is 0 Å². The van der Waals surface area contributed by atoms with E-state index in [-0.39, 0.29) is 11.5 Å². The van der Waals surface area contributed by atoms with Gasteiger partial charge in [-0.1, -0.05) is 72.8 Å². The zero-order valence-electron chi connectivity index (χ0n) is 14.5. The van der Waals surface area contributed by atoms with Crippen LogP contribution >= 0.6 is 0 Å². The summed E-state index contributed by atoms with van der Waals surface area (Å²) in [5.41, 5.74) is 8.74. The standard InChI is InChI=1S/C25H16O2/c26-23-13-18-17-9-3-6-12-21(17)25(22(18)14-24(23)27)19-10-4-1-7-15(19)16-8-2-5-11-20(16)25/h1-14,26-27H. The molecule has 0 unspecified atom stereocenters. The number of fused-ring (bicyclic) bond motifs is 10. The lowest BCUT2D eigenvalue weighted by Crippen LogP contribution is -2.25. The molecule has 2 aliphatic carbocycles. The highest BCUT2D eigenvalue weighted by molar-refractivity contribution is 5.95. The fourth-order valence-electron chi connectivity index (χ4n) is 5.12. The molecular weight excluding hydrogens is 332 g/mol. The van der Waals surface area contributed by atoms with Gasteiger partial charge in [-0.15, -0.1) is 0 Å². The van der Waals surface area contributed by atoms with Crippen LogP contribution in [0.4, 0.5) is 0 Å². The van der Waals surface area contributed by atoms with Crippen molar-refractivity contribution in [1.82, 2.24) is 0 Å². The highest BCUT2D eigenvalue weighted by atomic mass is 16.3. The Morgan fingerprint density at radius 2 is 0.852 bits per heavy atom. The first-order valence-corrected chi connectivity index (χ1v) is 9.08. The molecule has 0 atom stereocenters. The zero-order valence-corrected chi connectivity index (χ0v) is 14.5. The summed E-state index contributed by atoms with van der Waals surface area (Å²) in [6, 6.07) is 28.8. The second kappa shape index (κ2) is 4.80. The molecule has 0 radical (unpaired) electrons. The van der Waals surface area contributed by atoms with Crippen LogP contribution in [0.15, 0.2) is 84.9 Å². The molecule has 0 amide bonds. The lowest BCUT2D eigenvalue weighted by Gasteiger charge is -2.30. The topological polar surface area (TPSA) is 40.5 Å². The van der Waals surface area contributed by atoms with Crippen molar-refractivity contribution >= 4 is 0 Å². The molecule has 0 saturated carbocycles. The Hall–Kier alpha value is -3.52. The van der Waals surface area contributed by atoms with Gasteiger partial charge in [0.2, 0.25) is 0 Å². The Bertz CT molecular complexity index is 1210. The van der Waals surface area contributed by atoms with Crippen molar-refractivity contribution in [3.8, 4) is 33.8 Å². The minimum absolute atomic E-state index is 0.0807. The third kappa shape index (κ3) is 1.57. The second-order valence-corrected chi connectivity index (χ2v) is 7.27. The van der Waals surface area contributed by atoms with E-state index in [1.165, 1.54) is 27.8 Å². The molecule has 0 fully saturated rings. The summed E-state index contributed by atoms with van der Waals surface area (Å²) in [5, 5.41) is 20.5. The van der Waals surface area contributed by atoms with E-state index in [0.29, 0.717) is 0 Å². The van der Waals surface area contributed by atoms with Crippen molar-refractivity contribution in [1.29, 1.82) is 0 Å². The average molecular weight is 348 g/mol. The van der Waals surface area contributed by atoms with Gasteiger partial charge in [-0.25, -0.2) is 0 Å². The monoisotopic (exact) mass is 348 g/mol. The quantitative estimate of drug-likeness (QED) is 0.359. The largest absolute Gasteiger partial charge is 0.504 e. The Morgan fingerprint density at radius 1 is 0.444 bits per heavy atom. The first-order chi connectivity index (χ1) is 13.2. The Balaban J connectivity index is 1.88. The maximum Gasteiger partial charge on any atom is 0.158 e. The molecule has 0 saturated heterocycles. The SMILES string of the molecule is Oc1cc2c(cc1O)C1(c3ccccc3-c3ccccc31)c1ccccc1-2. The predicted octanol–water partition coefficient (Wildman–Crippen LogP) is 5.44. The highest BCUT2D eigenvalue weighted by Crippen LogP contribution is 2.63. The third-order valence-electron chi connectivity index (χ3n) is 6.09. The van der Waals surface area contributed by atoms with E-state index in [9.17, 15) is 10.2 Å². The van der Waals surface area contributed by atoms with Crippen molar-refractivity contribution in [2.24, 2.45) is 0 Å². The number of aromatic hydroxyl groups is 2. The van der Waals surface area contributed by atoms with E-state index < -0.39 is 5.41 Å². The number of hydrogen-bond acceptors (Lipinski definition) is 2. The molecule has 2 aliphatic rings. The minimum Gasteiger partial charge on any atom is -0.504 e. The molecular formula is C25H16O2. The number of hydrogen-bond donors (Lipinski definition) is 2. The minimum atomic E-state index is -0.468. The van der Waals surface area contributed by atoms with Crippen molar-refractivity contribution in [3.05, 3.63) is 107 Å². The van der Waals surface area contributed by atoms with Crippen LogP contribution in [0, 0.1) is 0 Å². The van der Waals surface area contributed by atoms with E-state index in [0.717, 1.165) is 16.7 Å². The van der Waals surface area contributed by atoms with E-state index >= 15 is 0 Å². The first-order valence-electron chi connectivity index (χ1n) is 9.08. The maximum atomic E-state index is 10.4. The number of rotatable bonds is 0. The number of phenols is 2. The smallest absolute Gasteiger partial charge is 0.158 e. The van der Waals surface area contributed by atoms with Crippen LogP contribution < -0.4 is 0 Å². The summed E-state index contributed by atoms with van der Waals surface area (Å²) in [6.07, 6.45) is 0. The lowest BCUT2D eigenvalue weighted by atomic mass is 9.70. The van der Waals surface area contributed by atoms with Crippen molar-refractivity contribution in [3.63, 3.8) is 0 Å². The fourth-order valence-corrected chi connectivity index (χ4v) is 5.12. The van der Waals surface area contributed by atoms with Crippen LogP contribution in [-0.4, -0.2) is 10.2 Å². The van der Waals surface area contributed by atoms with E-state index in [2.05, 4.69) is 66.7 Å². The molecule has 2 nitrogen and oxygen atoms in total. The van der Waals surface area contributed by atoms with Gasteiger partial charge in [0.15, 0.2) is 11.5 Å². The summed E-state index contributed by atoms with van der Waals surface area (Å²) in [7, 11) is 0. The van der Waals surface area contributed by atoms with E-state index in [1.54, 1.807) is 12.1 Å². The molecule has 27 heavy (non-hydrogen) atoms. The van der Waals surface area contributed by atoms with E-state index in [1.807, 2.05) is 6.07 Å². The van der Waals surface area contributed by atoms with E-state index in [4.69, 9.17) is 0 Å². The molecule has 2 heteroatoms. The third-order valence-corrected chi connectivity index (χ3v) is 6.09. The molecule has 2 N–H and O–H groups in total. The Morgan fingerprint density at radius 3 is 1.37 bits per heavy atom. The van der Waals surface area contributed by atoms with Crippen LogP contribution in [-0.2, 0) is 5.41 Å². The molecule has 1 spiro atoms. The molecule has 0 bridgehead atoms. The summed E-state index contributed by atoms with van der Waals surface area (Å²) in [4.78, 5) is 0. The molecule has 0 aliphatic heterocycles. The summed E-state index contributed by atoms with van der Waals surface area (Å²) < 4.78 is 0. The number of benzene rings is 4. The fraction of sp³-hybridized carbons (Fsp3) is 0.0400. The summed E-state index contributed by atoms with van der Waals surface area (Å²) in [5.74, 6) is -0.164. The zero-order chi connectivity index (χ0) is 18.2. The summed E-state index contributed by atoms with van der Waals surface area (Å²) in [6.45, 7) is 0. The van der Waals surface area contributed by atoms with Gasteiger partial charge in [0.1, 0.15) is 0 Å². The van der Waals surface area contributed by atoms with Gasteiger partial charge >= 0.3 is 0 Å². The van der Waals surface area contributed by atoms with Gasteiger partial charge in [0, 0.05) is 0 Å². The van der Waals surface area contributed by atoms with Crippen LogP contribution in [0.3, 0.4) is 0 Å².